The van der Waals surface area contributed by atoms with E-state index in [0.717, 1.165) is 37.8 Å². The molecule has 144 valence electrons. The van der Waals surface area contributed by atoms with Crippen molar-refractivity contribution in [1.29, 1.82) is 0 Å². The first-order valence-corrected chi connectivity index (χ1v) is 8.53. The highest BCUT2D eigenvalue weighted by molar-refractivity contribution is 5.84. The summed E-state index contributed by atoms with van der Waals surface area (Å²) in [7, 11) is 0. The average molecular weight is 371 g/mol. The van der Waals surface area contributed by atoms with E-state index in [2.05, 4.69) is 11.9 Å². The molecule has 0 bridgehead atoms. The van der Waals surface area contributed by atoms with Gasteiger partial charge in [-0.3, -0.25) is 4.79 Å². The van der Waals surface area contributed by atoms with Crippen LogP contribution in [0, 0.1) is 0 Å². The van der Waals surface area contributed by atoms with E-state index in [-0.39, 0.29) is 18.4 Å². The summed E-state index contributed by atoms with van der Waals surface area (Å²) >= 11 is 0. The van der Waals surface area contributed by atoms with Crippen LogP contribution in [0.25, 0.3) is 0 Å². The number of nitrogens with one attached hydrogen (secondary N) is 1. The van der Waals surface area contributed by atoms with Crippen LogP contribution in [0.15, 0.2) is 36.9 Å². The highest BCUT2D eigenvalue weighted by atomic mass is 19.4. The molecule has 0 aliphatic heterocycles. The van der Waals surface area contributed by atoms with E-state index in [4.69, 9.17) is 0 Å². The Balaban J connectivity index is 2.52. The zero-order valence-corrected chi connectivity index (χ0v) is 14.5. The highest BCUT2D eigenvalue weighted by Gasteiger charge is 2.30. The number of hydrogen-bond acceptors (Lipinski definition) is 2. The Morgan fingerprint density at radius 3 is 2.50 bits per heavy atom. The van der Waals surface area contributed by atoms with Gasteiger partial charge in [-0.2, -0.15) is 13.2 Å². The van der Waals surface area contributed by atoms with Gasteiger partial charge < -0.3 is 10.4 Å². The fourth-order valence-electron chi connectivity index (χ4n) is 2.54. The lowest BCUT2D eigenvalue weighted by atomic mass is 10.0. The molecule has 0 saturated carbocycles. The minimum Gasteiger partial charge on any atom is -0.480 e. The average Bonchev–Trinajstić information content (AvgIpc) is 2.56. The second-order valence-electron chi connectivity index (χ2n) is 6.11. The molecule has 0 saturated heterocycles. The van der Waals surface area contributed by atoms with Crippen LogP contribution in [-0.4, -0.2) is 23.0 Å². The minimum absolute atomic E-state index is 0.186. The lowest BCUT2D eigenvalue weighted by Gasteiger charge is -2.15. The molecule has 7 heteroatoms. The number of aliphatic carboxylic acids is 1. The van der Waals surface area contributed by atoms with E-state index < -0.39 is 29.7 Å². The Morgan fingerprint density at radius 2 is 1.88 bits per heavy atom. The van der Waals surface area contributed by atoms with Gasteiger partial charge in [0.2, 0.25) is 5.91 Å². The molecule has 0 spiro atoms. The Hall–Kier alpha value is -2.31. The third-order valence-corrected chi connectivity index (χ3v) is 3.90. The number of carboxylic acid groups (broad SMARTS) is 1. The first-order chi connectivity index (χ1) is 12.2. The molecule has 2 N–H and O–H groups in total. The molecule has 1 amide bonds. The van der Waals surface area contributed by atoms with Crippen LogP contribution in [0.3, 0.4) is 0 Å². The van der Waals surface area contributed by atoms with Gasteiger partial charge >= 0.3 is 12.1 Å². The summed E-state index contributed by atoms with van der Waals surface area (Å²) in [5, 5.41) is 11.6. The number of unbranched alkanes of at least 4 members (excludes halogenated alkanes) is 4. The van der Waals surface area contributed by atoms with Gasteiger partial charge in [-0.05, 0) is 30.9 Å². The molecular weight excluding hydrogens is 347 g/mol. The van der Waals surface area contributed by atoms with Crippen molar-refractivity contribution in [2.75, 3.05) is 0 Å². The number of benzene rings is 1. The van der Waals surface area contributed by atoms with Gasteiger partial charge in [0.25, 0.3) is 0 Å². The molecule has 4 nitrogen and oxygen atoms in total. The van der Waals surface area contributed by atoms with Crippen LogP contribution in [-0.2, 0) is 22.2 Å². The molecule has 0 radical (unpaired) electrons. The van der Waals surface area contributed by atoms with Gasteiger partial charge in [0.1, 0.15) is 6.04 Å². The number of carboxylic acids is 1. The van der Waals surface area contributed by atoms with E-state index in [1.807, 2.05) is 6.08 Å². The van der Waals surface area contributed by atoms with Gasteiger partial charge in [0.15, 0.2) is 0 Å². The zero-order valence-electron chi connectivity index (χ0n) is 14.5. The summed E-state index contributed by atoms with van der Waals surface area (Å²) in [6, 6.07) is 3.42. The van der Waals surface area contributed by atoms with Crippen molar-refractivity contribution in [2.45, 2.75) is 57.2 Å². The summed E-state index contributed by atoms with van der Waals surface area (Å²) in [5.41, 5.74) is -0.650. The Morgan fingerprint density at radius 1 is 1.19 bits per heavy atom. The third-order valence-electron chi connectivity index (χ3n) is 3.90. The lowest BCUT2D eigenvalue weighted by molar-refractivity contribution is -0.142. The van der Waals surface area contributed by atoms with E-state index in [1.165, 1.54) is 12.1 Å². The fourth-order valence-corrected chi connectivity index (χ4v) is 2.54. The second-order valence-corrected chi connectivity index (χ2v) is 6.11. The molecule has 1 atom stereocenters. The van der Waals surface area contributed by atoms with Crippen LogP contribution < -0.4 is 5.32 Å². The summed E-state index contributed by atoms with van der Waals surface area (Å²) in [4.78, 5) is 23.3. The van der Waals surface area contributed by atoms with E-state index in [9.17, 15) is 27.9 Å². The molecule has 1 aromatic carbocycles. The van der Waals surface area contributed by atoms with Gasteiger partial charge in [0, 0.05) is 0 Å². The second kappa shape index (κ2) is 10.6. The van der Waals surface area contributed by atoms with Crippen molar-refractivity contribution < 1.29 is 27.9 Å². The van der Waals surface area contributed by atoms with E-state index in [0.29, 0.717) is 6.42 Å². The number of rotatable bonds is 11. The molecule has 0 aliphatic carbocycles. The first-order valence-electron chi connectivity index (χ1n) is 8.53. The molecular formula is C19H24F3NO3. The number of hydrogen-bond donors (Lipinski definition) is 2. The minimum atomic E-state index is -4.48. The lowest BCUT2D eigenvalue weighted by Crippen LogP contribution is -2.41. The molecule has 0 aliphatic rings. The van der Waals surface area contributed by atoms with Crippen molar-refractivity contribution >= 4 is 11.9 Å². The standard InChI is InChI=1S/C19H24F3NO3/c1-2-3-4-5-6-7-11-16(18(25)26)23-17(24)13-14-9-8-10-15(12-14)19(20,21)22/h2,8-10,12,16H,1,3-7,11,13H2,(H,23,24)(H,25,26)/t16-/m0/s1. The number of halogens is 3. The van der Waals surface area contributed by atoms with Crippen LogP contribution in [0.2, 0.25) is 0 Å². The predicted molar refractivity (Wildman–Crippen MR) is 92.6 cm³/mol. The topological polar surface area (TPSA) is 66.4 Å². The number of carbonyl (C=O) groups excluding carboxylic acids is 1. The van der Waals surface area contributed by atoms with Crippen LogP contribution >= 0.6 is 0 Å². The van der Waals surface area contributed by atoms with Crippen molar-refractivity contribution in [1.82, 2.24) is 5.32 Å². The van der Waals surface area contributed by atoms with E-state index in [1.54, 1.807) is 0 Å². The number of amides is 1. The van der Waals surface area contributed by atoms with Gasteiger partial charge in [-0.25, -0.2) is 4.79 Å². The summed E-state index contributed by atoms with van der Waals surface area (Å²) in [5.74, 6) is -1.75. The molecule has 26 heavy (non-hydrogen) atoms. The zero-order chi connectivity index (χ0) is 19.6. The van der Waals surface area contributed by atoms with Crippen molar-refractivity contribution in [3.05, 3.63) is 48.0 Å². The van der Waals surface area contributed by atoms with Crippen molar-refractivity contribution in [3.8, 4) is 0 Å². The van der Waals surface area contributed by atoms with Crippen LogP contribution in [0.1, 0.15) is 49.7 Å². The number of carbonyl (C=O) groups is 2. The smallest absolute Gasteiger partial charge is 0.416 e. The van der Waals surface area contributed by atoms with Crippen LogP contribution in [0.4, 0.5) is 13.2 Å². The summed E-state index contributed by atoms with van der Waals surface area (Å²) in [6.45, 7) is 3.63. The maximum atomic E-state index is 12.7. The maximum Gasteiger partial charge on any atom is 0.416 e. The maximum absolute atomic E-state index is 12.7. The quantitative estimate of drug-likeness (QED) is 0.449. The van der Waals surface area contributed by atoms with Gasteiger partial charge in [-0.1, -0.05) is 43.5 Å². The SMILES string of the molecule is C=CCCCCCC[C@H](NC(=O)Cc1cccc(C(F)(F)F)c1)C(=O)O. The van der Waals surface area contributed by atoms with Gasteiger partial charge in [0.05, 0.1) is 12.0 Å². The molecule has 0 heterocycles. The van der Waals surface area contributed by atoms with Gasteiger partial charge in [-0.15, -0.1) is 6.58 Å². The summed E-state index contributed by atoms with van der Waals surface area (Å²) in [6.07, 6.45) is 1.69. The highest BCUT2D eigenvalue weighted by Crippen LogP contribution is 2.29. The largest absolute Gasteiger partial charge is 0.480 e. The monoisotopic (exact) mass is 371 g/mol. The fraction of sp³-hybridized carbons (Fsp3) is 0.474. The molecule has 1 aromatic rings. The predicted octanol–water partition coefficient (Wildman–Crippen LogP) is 4.34. The molecule has 1 rings (SSSR count). The van der Waals surface area contributed by atoms with Crippen LogP contribution in [0.5, 0.6) is 0 Å². The normalized spacial score (nSPS) is 12.4. The Kier molecular flexibility index (Phi) is 8.88. The van der Waals surface area contributed by atoms with Crippen molar-refractivity contribution in [3.63, 3.8) is 0 Å². The molecule has 0 fully saturated rings. The van der Waals surface area contributed by atoms with Crippen molar-refractivity contribution in [2.24, 2.45) is 0 Å². The number of alkyl halides is 3. The third kappa shape index (κ3) is 8.18. The Labute approximate surface area is 151 Å². The first kappa shape index (κ1) is 21.7. The molecule has 0 unspecified atom stereocenters. The molecule has 0 aromatic heterocycles. The van der Waals surface area contributed by atoms with E-state index >= 15 is 0 Å². The number of allylic oxidation sites excluding steroid dienone is 1. The Bertz CT molecular complexity index is 614. The summed E-state index contributed by atoms with van der Waals surface area (Å²) < 4.78 is 38.1.